The zero-order valence-corrected chi connectivity index (χ0v) is 12.5. The van der Waals surface area contributed by atoms with Crippen LogP contribution in [0, 0.1) is 11.3 Å². The molecule has 0 bridgehead atoms. The lowest BCUT2D eigenvalue weighted by molar-refractivity contribution is 0.211. The minimum Gasteiger partial charge on any atom is -0.396 e. The van der Waals surface area contributed by atoms with E-state index in [1.807, 2.05) is 13.8 Å². The van der Waals surface area contributed by atoms with Gasteiger partial charge in [0.25, 0.3) is 10.2 Å². The molecule has 1 rings (SSSR count). The van der Waals surface area contributed by atoms with Crippen LogP contribution in [0.25, 0.3) is 0 Å². The summed E-state index contributed by atoms with van der Waals surface area (Å²) in [5.74, 6) is 0.431. The van der Waals surface area contributed by atoms with Crippen LogP contribution in [0.2, 0.25) is 0 Å². The average Bonchev–Trinajstić information content (AvgIpc) is 2.27. The maximum atomic E-state index is 12.1. The maximum absolute atomic E-state index is 12.1. The van der Waals surface area contributed by atoms with Gasteiger partial charge in [-0.3, -0.25) is 0 Å². The van der Waals surface area contributed by atoms with Crippen LogP contribution < -0.4 is 4.72 Å². The lowest BCUT2D eigenvalue weighted by Crippen LogP contribution is -2.47. The largest absolute Gasteiger partial charge is 0.396 e. The Labute approximate surface area is 111 Å². The van der Waals surface area contributed by atoms with Crippen molar-refractivity contribution >= 4 is 10.2 Å². The molecule has 0 aliphatic carbocycles. The van der Waals surface area contributed by atoms with Gasteiger partial charge in [0, 0.05) is 26.2 Å². The molecule has 1 aliphatic rings. The molecule has 0 spiro atoms. The lowest BCUT2D eigenvalue weighted by atomic mass is 9.90. The minimum absolute atomic E-state index is 0.0788. The predicted molar refractivity (Wildman–Crippen MR) is 72.4 cm³/mol. The molecule has 1 fully saturated rings. The van der Waals surface area contributed by atoms with Crippen molar-refractivity contribution in [1.29, 1.82) is 0 Å². The van der Waals surface area contributed by atoms with Gasteiger partial charge < -0.3 is 5.11 Å². The van der Waals surface area contributed by atoms with Crippen LogP contribution in [-0.4, -0.2) is 44.1 Å². The number of aliphatic hydroxyl groups is 1. The summed E-state index contributed by atoms with van der Waals surface area (Å²) in [6, 6.07) is 0. The fourth-order valence-electron chi connectivity index (χ4n) is 2.13. The van der Waals surface area contributed by atoms with Crippen LogP contribution in [0.15, 0.2) is 0 Å². The van der Waals surface area contributed by atoms with Crippen LogP contribution >= 0.6 is 0 Å². The Hall–Kier alpha value is -0.170. The molecule has 108 valence electrons. The highest BCUT2D eigenvalue weighted by molar-refractivity contribution is 7.87. The van der Waals surface area contributed by atoms with Crippen molar-refractivity contribution in [2.24, 2.45) is 11.3 Å². The van der Waals surface area contributed by atoms with E-state index in [9.17, 15) is 8.42 Å². The van der Waals surface area contributed by atoms with Crippen molar-refractivity contribution in [1.82, 2.24) is 9.03 Å². The molecule has 0 aromatic carbocycles. The fourth-order valence-corrected chi connectivity index (χ4v) is 3.71. The summed E-state index contributed by atoms with van der Waals surface area (Å²) in [6.07, 6.45) is 2.62. The average molecular weight is 278 g/mol. The molecule has 18 heavy (non-hydrogen) atoms. The van der Waals surface area contributed by atoms with Gasteiger partial charge >= 0.3 is 0 Å². The lowest BCUT2D eigenvalue weighted by Gasteiger charge is -2.31. The van der Waals surface area contributed by atoms with Gasteiger partial charge in [-0.05, 0) is 30.6 Å². The van der Waals surface area contributed by atoms with Crippen LogP contribution in [-0.2, 0) is 10.2 Å². The third-order valence-corrected chi connectivity index (χ3v) is 5.00. The summed E-state index contributed by atoms with van der Waals surface area (Å²) in [7, 11) is -3.37. The number of piperidine rings is 1. The topological polar surface area (TPSA) is 69.6 Å². The van der Waals surface area contributed by atoms with Crippen molar-refractivity contribution in [2.45, 2.75) is 40.0 Å². The predicted octanol–water partition coefficient (Wildman–Crippen LogP) is 0.961. The van der Waals surface area contributed by atoms with E-state index in [-0.39, 0.29) is 12.0 Å². The summed E-state index contributed by atoms with van der Waals surface area (Å²) >= 11 is 0. The number of rotatable bonds is 6. The molecule has 0 radical (unpaired) electrons. The Bertz CT molecular complexity index is 354. The zero-order valence-electron chi connectivity index (χ0n) is 11.6. The number of aliphatic hydroxyl groups excluding tert-OH is 1. The highest BCUT2D eigenvalue weighted by Crippen LogP contribution is 2.21. The fraction of sp³-hybridized carbons (Fsp3) is 1.00. The van der Waals surface area contributed by atoms with Crippen molar-refractivity contribution in [3.8, 4) is 0 Å². The van der Waals surface area contributed by atoms with Gasteiger partial charge in [0.15, 0.2) is 0 Å². The van der Waals surface area contributed by atoms with Gasteiger partial charge in [-0.25, -0.2) is 4.72 Å². The summed E-state index contributed by atoms with van der Waals surface area (Å²) in [4.78, 5) is 0. The monoisotopic (exact) mass is 278 g/mol. The summed E-state index contributed by atoms with van der Waals surface area (Å²) < 4.78 is 28.5. The molecule has 0 amide bonds. The normalized spacial score (nSPS) is 23.2. The van der Waals surface area contributed by atoms with Crippen LogP contribution in [0.5, 0.6) is 0 Å². The van der Waals surface area contributed by atoms with Crippen molar-refractivity contribution in [3.05, 3.63) is 0 Å². The summed E-state index contributed by atoms with van der Waals surface area (Å²) in [5.41, 5.74) is -0.219. The number of nitrogens with one attached hydrogen (secondary N) is 1. The molecule has 2 N–H and O–H groups in total. The van der Waals surface area contributed by atoms with Gasteiger partial charge in [-0.1, -0.05) is 20.8 Å². The standard InChI is InChI=1S/C12H26N2O3S/c1-11-5-4-7-14(9-11)18(16,17)13-10-12(2,3)6-8-15/h11,13,15H,4-10H2,1-3H3. The zero-order chi connectivity index (χ0) is 13.8. The van der Waals surface area contributed by atoms with Crippen molar-refractivity contribution in [2.75, 3.05) is 26.2 Å². The second kappa shape index (κ2) is 6.32. The van der Waals surface area contributed by atoms with E-state index in [0.29, 0.717) is 32.0 Å². The first kappa shape index (κ1) is 15.9. The third kappa shape index (κ3) is 4.84. The molecule has 0 saturated carbocycles. The molecule has 6 heteroatoms. The molecule has 5 nitrogen and oxygen atoms in total. The molecule has 1 saturated heterocycles. The Morgan fingerprint density at radius 2 is 2.11 bits per heavy atom. The van der Waals surface area contributed by atoms with Gasteiger partial charge in [0.05, 0.1) is 0 Å². The quantitative estimate of drug-likeness (QED) is 0.760. The first-order chi connectivity index (χ1) is 8.27. The molecule has 1 atom stereocenters. The number of hydrogen-bond acceptors (Lipinski definition) is 3. The Morgan fingerprint density at radius 1 is 1.44 bits per heavy atom. The highest BCUT2D eigenvalue weighted by atomic mass is 32.2. The van der Waals surface area contributed by atoms with Gasteiger partial charge in [-0.15, -0.1) is 0 Å². The molecule has 1 unspecified atom stereocenters. The van der Waals surface area contributed by atoms with E-state index in [4.69, 9.17) is 5.11 Å². The second-order valence-corrected chi connectivity index (χ2v) is 7.82. The van der Waals surface area contributed by atoms with E-state index in [0.717, 1.165) is 12.8 Å². The molecular formula is C12H26N2O3S. The van der Waals surface area contributed by atoms with E-state index in [2.05, 4.69) is 11.6 Å². The Kier molecular flexibility index (Phi) is 5.58. The second-order valence-electron chi connectivity index (χ2n) is 6.07. The van der Waals surface area contributed by atoms with E-state index >= 15 is 0 Å². The number of hydrogen-bond donors (Lipinski definition) is 2. The van der Waals surface area contributed by atoms with Crippen LogP contribution in [0.1, 0.15) is 40.0 Å². The van der Waals surface area contributed by atoms with Crippen LogP contribution in [0.4, 0.5) is 0 Å². The minimum atomic E-state index is -3.37. The van der Waals surface area contributed by atoms with E-state index in [1.165, 1.54) is 4.31 Å². The number of nitrogens with zero attached hydrogens (tertiary/aromatic N) is 1. The SMILES string of the molecule is CC1CCCN(S(=O)(=O)NCC(C)(C)CCO)C1. The summed E-state index contributed by atoms with van der Waals surface area (Å²) in [5, 5.41) is 8.93. The van der Waals surface area contributed by atoms with Gasteiger partial charge in [-0.2, -0.15) is 12.7 Å². The van der Waals surface area contributed by atoms with Gasteiger partial charge in [0.1, 0.15) is 0 Å². The molecule has 0 aromatic rings. The van der Waals surface area contributed by atoms with E-state index < -0.39 is 10.2 Å². The Morgan fingerprint density at radius 3 is 2.67 bits per heavy atom. The smallest absolute Gasteiger partial charge is 0.279 e. The molecule has 0 aromatic heterocycles. The Balaban J connectivity index is 2.54. The maximum Gasteiger partial charge on any atom is 0.279 e. The first-order valence-corrected chi connectivity index (χ1v) is 8.06. The highest BCUT2D eigenvalue weighted by Gasteiger charge is 2.28. The molecule has 1 aliphatic heterocycles. The molecular weight excluding hydrogens is 252 g/mol. The summed E-state index contributed by atoms with van der Waals surface area (Å²) in [6.45, 7) is 7.64. The first-order valence-electron chi connectivity index (χ1n) is 6.62. The van der Waals surface area contributed by atoms with Crippen molar-refractivity contribution in [3.63, 3.8) is 0 Å². The van der Waals surface area contributed by atoms with E-state index in [1.54, 1.807) is 0 Å². The third-order valence-electron chi connectivity index (χ3n) is 3.48. The van der Waals surface area contributed by atoms with Gasteiger partial charge in [0.2, 0.25) is 0 Å². The van der Waals surface area contributed by atoms with Crippen LogP contribution in [0.3, 0.4) is 0 Å². The molecule has 1 heterocycles. The van der Waals surface area contributed by atoms with Crippen molar-refractivity contribution < 1.29 is 13.5 Å².